The summed E-state index contributed by atoms with van der Waals surface area (Å²) in [5, 5.41) is 4.29. The van der Waals surface area contributed by atoms with Gasteiger partial charge in [0, 0.05) is 31.5 Å². The molecule has 1 N–H and O–H groups in total. The highest BCUT2D eigenvalue weighted by atomic mass is 32.2. The van der Waals surface area contributed by atoms with E-state index in [2.05, 4.69) is 14.8 Å². The number of nitrogens with one attached hydrogen (secondary N) is 1. The zero-order valence-electron chi connectivity index (χ0n) is 15.4. The molecule has 0 aliphatic carbocycles. The SMILES string of the molecule is Cc1ccc(S(=O)(=O)NCCn2nc(-c3cccnc3)n(C)c2=O)c(C)c1. The van der Waals surface area contributed by atoms with Gasteiger partial charge in [-0.3, -0.25) is 9.55 Å². The number of rotatable bonds is 6. The number of hydrogen-bond donors (Lipinski definition) is 1. The maximum absolute atomic E-state index is 12.5. The Labute approximate surface area is 157 Å². The van der Waals surface area contributed by atoms with Gasteiger partial charge in [0.15, 0.2) is 5.82 Å². The van der Waals surface area contributed by atoms with Gasteiger partial charge in [-0.05, 0) is 37.6 Å². The summed E-state index contributed by atoms with van der Waals surface area (Å²) in [6.07, 6.45) is 3.26. The van der Waals surface area contributed by atoms with Gasteiger partial charge in [-0.15, -0.1) is 5.10 Å². The van der Waals surface area contributed by atoms with Gasteiger partial charge in [0.1, 0.15) is 0 Å². The van der Waals surface area contributed by atoms with Gasteiger partial charge in [-0.1, -0.05) is 17.7 Å². The van der Waals surface area contributed by atoms with E-state index >= 15 is 0 Å². The molecule has 2 heterocycles. The predicted molar refractivity (Wildman–Crippen MR) is 102 cm³/mol. The maximum atomic E-state index is 12.5. The van der Waals surface area contributed by atoms with Crippen molar-refractivity contribution in [3.63, 3.8) is 0 Å². The Balaban J connectivity index is 1.75. The minimum Gasteiger partial charge on any atom is -0.278 e. The van der Waals surface area contributed by atoms with E-state index in [0.29, 0.717) is 17.0 Å². The summed E-state index contributed by atoms with van der Waals surface area (Å²) in [4.78, 5) is 16.6. The Hall–Kier alpha value is -2.78. The highest BCUT2D eigenvalue weighted by Gasteiger charge is 2.17. The van der Waals surface area contributed by atoms with Gasteiger partial charge in [-0.25, -0.2) is 22.6 Å². The summed E-state index contributed by atoms with van der Waals surface area (Å²) < 4.78 is 30.2. The lowest BCUT2D eigenvalue weighted by molar-refractivity contribution is 0.550. The zero-order valence-corrected chi connectivity index (χ0v) is 16.2. The van der Waals surface area contributed by atoms with Crippen LogP contribution in [0.15, 0.2) is 52.4 Å². The molecule has 3 rings (SSSR count). The molecule has 0 unspecified atom stereocenters. The monoisotopic (exact) mass is 387 g/mol. The van der Waals surface area contributed by atoms with Gasteiger partial charge < -0.3 is 0 Å². The number of aryl methyl sites for hydroxylation is 2. The Bertz CT molecular complexity index is 1120. The molecule has 0 radical (unpaired) electrons. The molecule has 142 valence electrons. The van der Waals surface area contributed by atoms with E-state index in [1.165, 1.54) is 9.25 Å². The van der Waals surface area contributed by atoms with E-state index < -0.39 is 10.0 Å². The van der Waals surface area contributed by atoms with Crippen molar-refractivity contribution in [2.45, 2.75) is 25.3 Å². The second kappa shape index (κ2) is 7.45. The van der Waals surface area contributed by atoms with Gasteiger partial charge in [0.2, 0.25) is 10.0 Å². The number of sulfonamides is 1. The molecule has 0 aliphatic rings. The third kappa shape index (κ3) is 3.99. The van der Waals surface area contributed by atoms with Gasteiger partial charge >= 0.3 is 5.69 Å². The van der Waals surface area contributed by atoms with E-state index in [1.807, 2.05) is 19.1 Å². The highest BCUT2D eigenvalue weighted by molar-refractivity contribution is 7.89. The lowest BCUT2D eigenvalue weighted by Gasteiger charge is -2.09. The van der Waals surface area contributed by atoms with E-state index in [4.69, 9.17) is 0 Å². The Morgan fingerprint density at radius 3 is 2.63 bits per heavy atom. The standard InChI is InChI=1S/C18H21N5O3S/c1-13-6-7-16(14(2)11-13)27(25,26)20-9-10-23-18(24)22(3)17(21-23)15-5-4-8-19-12-15/h4-8,11-12,20H,9-10H2,1-3H3. The first-order valence-corrected chi connectivity index (χ1v) is 9.89. The third-order valence-electron chi connectivity index (χ3n) is 4.20. The van der Waals surface area contributed by atoms with E-state index in [9.17, 15) is 13.2 Å². The molecule has 0 bridgehead atoms. The minimum atomic E-state index is -3.66. The second-order valence-corrected chi connectivity index (χ2v) is 8.03. The van der Waals surface area contributed by atoms with Crippen LogP contribution in [-0.4, -0.2) is 34.3 Å². The van der Waals surface area contributed by atoms with Crippen LogP contribution in [-0.2, 0) is 23.6 Å². The summed E-state index contributed by atoms with van der Waals surface area (Å²) in [6, 6.07) is 8.72. The van der Waals surface area contributed by atoms with E-state index in [-0.39, 0.29) is 23.7 Å². The van der Waals surface area contributed by atoms with Crippen LogP contribution in [0.3, 0.4) is 0 Å². The van der Waals surface area contributed by atoms with Crippen molar-refractivity contribution in [1.29, 1.82) is 0 Å². The minimum absolute atomic E-state index is 0.0546. The normalized spacial score (nSPS) is 11.7. The number of nitrogens with zero attached hydrogens (tertiary/aromatic N) is 4. The maximum Gasteiger partial charge on any atom is 0.345 e. The summed E-state index contributed by atoms with van der Waals surface area (Å²) in [5.41, 5.74) is 2.07. The summed E-state index contributed by atoms with van der Waals surface area (Å²) in [7, 11) is -2.04. The highest BCUT2D eigenvalue weighted by Crippen LogP contribution is 2.16. The number of hydrogen-bond acceptors (Lipinski definition) is 5. The number of aromatic nitrogens is 4. The smallest absolute Gasteiger partial charge is 0.278 e. The molecule has 0 atom stereocenters. The van der Waals surface area contributed by atoms with Crippen LogP contribution >= 0.6 is 0 Å². The Morgan fingerprint density at radius 1 is 1.19 bits per heavy atom. The molecular weight excluding hydrogens is 366 g/mol. The number of pyridine rings is 1. The quantitative estimate of drug-likeness (QED) is 0.686. The molecule has 1 aromatic carbocycles. The molecular formula is C18H21N5O3S. The number of benzene rings is 1. The lowest BCUT2D eigenvalue weighted by atomic mass is 10.2. The van der Waals surface area contributed by atoms with E-state index in [0.717, 1.165) is 5.56 Å². The molecule has 0 amide bonds. The van der Waals surface area contributed by atoms with Crippen molar-refractivity contribution in [3.8, 4) is 11.4 Å². The van der Waals surface area contributed by atoms with Crippen LogP contribution in [0.1, 0.15) is 11.1 Å². The van der Waals surface area contributed by atoms with Crippen molar-refractivity contribution in [3.05, 3.63) is 64.3 Å². The van der Waals surface area contributed by atoms with Crippen LogP contribution in [0.4, 0.5) is 0 Å². The van der Waals surface area contributed by atoms with Gasteiger partial charge in [0.25, 0.3) is 0 Å². The van der Waals surface area contributed by atoms with Crippen molar-refractivity contribution < 1.29 is 8.42 Å². The second-order valence-electron chi connectivity index (χ2n) is 6.30. The summed E-state index contributed by atoms with van der Waals surface area (Å²) in [5.74, 6) is 0.477. The zero-order chi connectivity index (χ0) is 19.6. The molecule has 0 fully saturated rings. The molecule has 0 aliphatic heterocycles. The molecule has 0 saturated carbocycles. The average molecular weight is 387 g/mol. The van der Waals surface area contributed by atoms with Crippen LogP contribution in [0.2, 0.25) is 0 Å². The van der Waals surface area contributed by atoms with Crippen LogP contribution in [0, 0.1) is 13.8 Å². The first-order chi connectivity index (χ1) is 12.8. The largest absolute Gasteiger partial charge is 0.345 e. The molecule has 0 spiro atoms. The fourth-order valence-electron chi connectivity index (χ4n) is 2.84. The molecule has 8 nitrogen and oxygen atoms in total. The fourth-order valence-corrected chi connectivity index (χ4v) is 4.09. The predicted octanol–water partition coefficient (Wildman–Crippen LogP) is 1.24. The molecule has 0 saturated heterocycles. The first-order valence-electron chi connectivity index (χ1n) is 8.41. The summed E-state index contributed by atoms with van der Waals surface area (Å²) >= 11 is 0. The van der Waals surface area contributed by atoms with Crippen LogP contribution in [0.25, 0.3) is 11.4 Å². The average Bonchev–Trinajstić information content (AvgIpc) is 2.90. The van der Waals surface area contributed by atoms with Crippen LogP contribution in [0.5, 0.6) is 0 Å². The lowest BCUT2D eigenvalue weighted by Crippen LogP contribution is -2.32. The molecule has 3 aromatic rings. The Kier molecular flexibility index (Phi) is 5.24. The van der Waals surface area contributed by atoms with Gasteiger partial charge in [0.05, 0.1) is 11.4 Å². The Morgan fingerprint density at radius 2 is 1.96 bits per heavy atom. The topological polar surface area (TPSA) is 98.9 Å². The van der Waals surface area contributed by atoms with Crippen molar-refractivity contribution in [2.75, 3.05) is 6.54 Å². The van der Waals surface area contributed by atoms with Crippen molar-refractivity contribution in [2.24, 2.45) is 7.05 Å². The van der Waals surface area contributed by atoms with Crippen molar-refractivity contribution in [1.82, 2.24) is 24.1 Å². The first kappa shape index (κ1) is 19.0. The van der Waals surface area contributed by atoms with Gasteiger partial charge in [-0.2, -0.15) is 0 Å². The van der Waals surface area contributed by atoms with Crippen LogP contribution < -0.4 is 10.4 Å². The summed E-state index contributed by atoms with van der Waals surface area (Å²) in [6.45, 7) is 3.84. The van der Waals surface area contributed by atoms with Crippen molar-refractivity contribution >= 4 is 10.0 Å². The molecule has 27 heavy (non-hydrogen) atoms. The third-order valence-corrected chi connectivity index (χ3v) is 5.82. The van der Waals surface area contributed by atoms with E-state index in [1.54, 1.807) is 44.6 Å². The molecule has 9 heteroatoms. The fraction of sp³-hybridized carbons (Fsp3) is 0.278. The molecule has 2 aromatic heterocycles.